The monoisotopic (exact) mass is 346 g/mol. The molecule has 0 heterocycles. The minimum atomic E-state index is -3.25. The van der Waals surface area contributed by atoms with Crippen molar-refractivity contribution in [3.8, 4) is 5.75 Å². The molecule has 0 radical (unpaired) electrons. The van der Waals surface area contributed by atoms with E-state index in [0.29, 0.717) is 25.7 Å². The third-order valence-corrected chi connectivity index (χ3v) is 5.44. The van der Waals surface area contributed by atoms with E-state index < -0.39 is 20.8 Å². The van der Waals surface area contributed by atoms with Crippen LogP contribution in [-0.4, -0.2) is 43.1 Å². The van der Waals surface area contributed by atoms with Crippen molar-refractivity contribution >= 4 is 15.7 Å². The Hall–Kier alpha value is -1.74. The van der Waals surface area contributed by atoms with Gasteiger partial charge in [-0.2, -0.15) is 0 Å². The summed E-state index contributed by atoms with van der Waals surface area (Å²) in [6, 6.07) is 3.00. The lowest BCUT2D eigenvalue weighted by Gasteiger charge is -2.33. The van der Waals surface area contributed by atoms with Crippen LogP contribution in [0.3, 0.4) is 0 Å². The minimum absolute atomic E-state index is 0.0880. The SMILES string of the molecule is CN(C1CCC(Oc2cc(F)ccc2[N+](=O)[O-])CC1)S(C)(=O)=O. The van der Waals surface area contributed by atoms with E-state index in [4.69, 9.17) is 4.74 Å². The average Bonchev–Trinajstić information content (AvgIpc) is 2.46. The molecule has 0 N–H and O–H groups in total. The molecular weight excluding hydrogens is 327 g/mol. The molecule has 0 amide bonds. The molecule has 1 aromatic carbocycles. The Bertz CT molecular complexity index is 686. The number of hydrogen-bond acceptors (Lipinski definition) is 5. The molecule has 0 spiro atoms. The Labute approximate surface area is 134 Å². The van der Waals surface area contributed by atoms with Gasteiger partial charge in [-0.1, -0.05) is 0 Å². The molecule has 0 saturated heterocycles. The van der Waals surface area contributed by atoms with Crippen LogP contribution >= 0.6 is 0 Å². The number of halogens is 1. The van der Waals surface area contributed by atoms with Crippen LogP contribution in [0, 0.1) is 15.9 Å². The highest BCUT2D eigenvalue weighted by Crippen LogP contribution is 2.32. The molecule has 1 saturated carbocycles. The van der Waals surface area contributed by atoms with Crippen molar-refractivity contribution in [3.63, 3.8) is 0 Å². The number of nitro benzene ring substituents is 1. The molecule has 1 aliphatic rings. The first-order chi connectivity index (χ1) is 10.7. The molecule has 0 atom stereocenters. The van der Waals surface area contributed by atoms with Gasteiger partial charge in [0.1, 0.15) is 5.82 Å². The zero-order chi connectivity index (χ0) is 17.2. The second kappa shape index (κ2) is 6.79. The van der Waals surface area contributed by atoms with Crippen molar-refractivity contribution in [1.82, 2.24) is 4.31 Å². The number of ether oxygens (including phenoxy) is 1. The highest BCUT2D eigenvalue weighted by Gasteiger charge is 2.30. The zero-order valence-corrected chi connectivity index (χ0v) is 13.8. The summed E-state index contributed by atoms with van der Waals surface area (Å²) in [7, 11) is -1.71. The van der Waals surface area contributed by atoms with Gasteiger partial charge in [-0.05, 0) is 31.7 Å². The first-order valence-electron chi connectivity index (χ1n) is 7.22. The van der Waals surface area contributed by atoms with Crippen molar-refractivity contribution in [2.45, 2.75) is 37.8 Å². The first kappa shape index (κ1) is 17.6. The normalized spacial score (nSPS) is 22.1. The van der Waals surface area contributed by atoms with Crippen LogP contribution in [0.5, 0.6) is 5.75 Å². The molecule has 0 unspecified atom stereocenters. The molecule has 0 bridgehead atoms. The van der Waals surface area contributed by atoms with Gasteiger partial charge in [-0.15, -0.1) is 0 Å². The topological polar surface area (TPSA) is 89.8 Å². The Morgan fingerprint density at radius 1 is 1.30 bits per heavy atom. The van der Waals surface area contributed by atoms with Crippen LogP contribution in [-0.2, 0) is 10.0 Å². The lowest BCUT2D eigenvalue weighted by molar-refractivity contribution is -0.386. The maximum absolute atomic E-state index is 13.3. The van der Waals surface area contributed by atoms with E-state index in [-0.39, 0.29) is 23.6 Å². The Kier molecular flexibility index (Phi) is 5.20. The summed E-state index contributed by atoms with van der Waals surface area (Å²) < 4.78 is 43.3. The summed E-state index contributed by atoms with van der Waals surface area (Å²) in [5.74, 6) is -0.689. The summed E-state index contributed by atoms with van der Waals surface area (Å²) >= 11 is 0. The van der Waals surface area contributed by atoms with Gasteiger partial charge < -0.3 is 4.74 Å². The predicted octanol–water partition coefficient (Wildman–Crippen LogP) is 2.32. The highest BCUT2D eigenvalue weighted by molar-refractivity contribution is 7.88. The van der Waals surface area contributed by atoms with Crippen LogP contribution < -0.4 is 4.74 Å². The van der Waals surface area contributed by atoms with Gasteiger partial charge in [0.15, 0.2) is 5.75 Å². The smallest absolute Gasteiger partial charge is 0.311 e. The molecule has 1 aliphatic carbocycles. The fourth-order valence-electron chi connectivity index (χ4n) is 2.71. The summed E-state index contributed by atoms with van der Waals surface area (Å²) in [5, 5.41) is 11.0. The molecule has 0 aromatic heterocycles. The minimum Gasteiger partial charge on any atom is -0.483 e. The summed E-state index contributed by atoms with van der Waals surface area (Å²) in [6.45, 7) is 0. The van der Waals surface area contributed by atoms with Gasteiger partial charge in [0.05, 0.1) is 17.3 Å². The fourth-order valence-corrected chi connectivity index (χ4v) is 3.46. The molecular formula is C14H19FN2O5S. The van der Waals surface area contributed by atoms with Crippen molar-refractivity contribution in [1.29, 1.82) is 0 Å². The largest absolute Gasteiger partial charge is 0.483 e. The van der Waals surface area contributed by atoms with E-state index in [9.17, 15) is 22.9 Å². The average molecular weight is 346 g/mol. The standard InChI is InChI=1S/C14H19FN2O5S/c1-16(23(2,20)21)11-4-6-12(7-5-11)22-14-9-10(15)3-8-13(14)17(18)19/h3,8-9,11-12H,4-7H2,1-2H3. The first-order valence-corrected chi connectivity index (χ1v) is 9.07. The molecule has 7 nitrogen and oxygen atoms in total. The summed E-state index contributed by atoms with van der Waals surface area (Å²) in [5.41, 5.74) is -0.276. The van der Waals surface area contributed by atoms with Gasteiger partial charge in [0.25, 0.3) is 0 Å². The van der Waals surface area contributed by atoms with E-state index in [2.05, 4.69) is 0 Å². The molecule has 1 aromatic rings. The van der Waals surface area contributed by atoms with E-state index in [1.54, 1.807) is 7.05 Å². The second-order valence-corrected chi connectivity index (χ2v) is 7.74. The van der Waals surface area contributed by atoms with Crippen molar-refractivity contribution in [2.75, 3.05) is 13.3 Å². The molecule has 128 valence electrons. The number of benzene rings is 1. The van der Waals surface area contributed by atoms with E-state index >= 15 is 0 Å². The van der Waals surface area contributed by atoms with Gasteiger partial charge in [0, 0.05) is 25.2 Å². The van der Waals surface area contributed by atoms with Crippen molar-refractivity contribution in [2.24, 2.45) is 0 Å². The van der Waals surface area contributed by atoms with E-state index in [1.165, 1.54) is 4.31 Å². The van der Waals surface area contributed by atoms with Crippen LogP contribution in [0.1, 0.15) is 25.7 Å². The van der Waals surface area contributed by atoms with Crippen LogP contribution in [0.25, 0.3) is 0 Å². The molecule has 0 aliphatic heterocycles. The van der Waals surface area contributed by atoms with Gasteiger partial charge in [-0.25, -0.2) is 17.1 Å². The lowest BCUT2D eigenvalue weighted by Crippen LogP contribution is -2.40. The third kappa shape index (κ3) is 4.38. The maximum Gasteiger partial charge on any atom is 0.311 e. The van der Waals surface area contributed by atoms with Crippen LogP contribution in [0.15, 0.2) is 18.2 Å². The Morgan fingerprint density at radius 3 is 2.43 bits per heavy atom. The van der Waals surface area contributed by atoms with Crippen LogP contribution in [0.2, 0.25) is 0 Å². The molecule has 23 heavy (non-hydrogen) atoms. The van der Waals surface area contributed by atoms with E-state index in [1.807, 2.05) is 0 Å². The Balaban J connectivity index is 2.02. The predicted molar refractivity (Wildman–Crippen MR) is 82.3 cm³/mol. The second-order valence-electron chi connectivity index (χ2n) is 5.70. The number of nitro groups is 1. The lowest BCUT2D eigenvalue weighted by atomic mass is 9.93. The maximum atomic E-state index is 13.3. The number of nitrogens with zero attached hydrogens (tertiary/aromatic N) is 2. The molecule has 9 heteroatoms. The number of rotatable bonds is 5. The molecule has 2 rings (SSSR count). The highest BCUT2D eigenvalue weighted by atomic mass is 32.2. The van der Waals surface area contributed by atoms with E-state index in [0.717, 1.165) is 24.5 Å². The fraction of sp³-hybridized carbons (Fsp3) is 0.571. The van der Waals surface area contributed by atoms with Gasteiger partial charge >= 0.3 is 5.69 Å². The number of hydrogen-bond donors (Lipinski definition) is 0. The molecule has 1 fully saturated rings. The quantitative estimate of drug-likeness (QED) is 0.603. The summed E-state index contributed by atoms with van der Waals surface area (Å²) in [6.07, 6.45) is 3.16. The van der Waals surface area contributed by atoms with Crippen molar-refractivity contribution in [3.05, 3.63) is 34.1 Å². The third-order valence-electron chi connectivity index (χ3n) is 4.09. The number of sulfonamides is 1. The van der Waals surface area contributed by atoms with Crippen LogP contribution in [0.4, 0.5) is 10.1 Å². The summed E-state index contributed by atoms with van der Waals surface area (Å²) in [4.78, 5) is 10.3. The van der Waals surface area contributed by atoms with Crippen molar-refractivity contribution < 1.29 is 22.5 Å². The van der Waals surface area contributed by atoms with Gasteiger partial charge in [-0.3, -0.25) is 10.1 Å². The zero-order valence-electron chi connectivity index (χ0n) is 12.9. The Morgan fingerprint density at radius 2 is 1.91 bits per heavy atom. The van der Waals surface area contributed by atoms with Gasteiger partial charge in [0.2, 0.25) is 10.0 Å².